The number of fused-ring (bicyclic) bond motifs is 1. The predicted octanol–water partition coefficient (Wildman–Crippen LogP) is 3.75. The normalized spacial score (nSPS) is 14.3. The number of rotatable bonds is 3. The van der Waals surface area contributed by atoms with Crippen molar-refractivity contribution in [2.24, 2.45) is 0 Å². The topological polar surface area (TPSA) is 42.3 Å². The van der Waals surface area contributed by atoms with E-state index in [2.05, 4.69) is 26.7 Å². The predicted molar refractivity (Wildman–Crippen MR) is 104 cm³/mol. The van der Waals surface area contributed by atoms with Crippen LogP contribution in [0.5, 0.6) is 5.88 Å². The minimum atomic E-state index is -0.205. The highest BCUT2D eigenvalue weighted by Crippen LogP contribution is 2.30. The zero-order valence-electron chi connectivity index (χ0n) is 14.6. The van der Waals surface area contributed by atoms with Crippen molar-refractivity contribution in [2.45, 2.75) is 13.0 Å². The number of aromatic nitrogens is 2. The van der Waals surface area contributed by atoms with E-state index in [1.54, 1.807) is 25.4 Å². The molecule has 0 bridgehead atoms. The number of aryl methyl sites for hydroxylation is 1. The Morgan fingerprint density at radius 2 is 2.08 bits per heavy atom. The van der Waals surface area contributed by atoms with E-state index in [1.165, 1.54) is 6.07 Å². The lowest BCUT2D eigenvalue weighted by Gasteiger charge is -2.42. The van der Waals surface area contributed by atoms with Crippen LogP contribution >= 0.6 is 12.2 Å². The minimum absolute atomic E-state index is 0.205. The Morgan fingerprint density at radius 3 is 2.77 bits per heavy atom. The summed E-state index contributed by atoms with van der Waals surface area (Å²) in [6.07, 6.45) is 1.69. The summed E-state index contributed by atoms with van der Waals surface area (Å²) in [7, 11) is 1.58. The molecule has 26 heavy (non-hydrogen) atoms. The molecule has 0 aliphatic carbocycles. The number of methoxy groups -OCH3 is 1. The van der Waals surface area contributed by atoms with Crippen molar-refractivity contribution in [3.05, 3.63) is 54.1 Å². The summed E-state index contributed by atoms with van der Waals surface area (Å²) in [5.74, 6) is 0.361. The Kier molecular flexibility index (Phi) is 4.24. The third kappa shape index (κ3) is 2.99. The maximum atomic E-state index is 13.4. The smallest absolute Gasteiger partial charge is 0.213 e. The minimum Gasteiger partial charge on any atom is -0.481 e. The number of nitrogens with one attached hydrogen (secondary N) is 1. The number of pyridine rings is 1. The Hall–Kier alpha value is -2.67. The van der Waals surface area contributed by atoms with Crippen LogP contribution in [0.15, 0.2) is 42.6 Å². The molecular formula is C19H19FN4OS. The van der Waals surface area contributed by atoms with Crippen LogP contribution in [0.2, 0.25) is 0 Å². The maximum Gasteiger partial charge on any atom is 0.213 e. The van der Waals surface area contributed by atoms with Crippen molar-refractivity contribution >= 4 is 33.9 Å². The third-order valence-corrected chi connectivity index (χ3v) is 5.07. The Balaban J connectivity index is 1.43. The molecule has 1 N–H and O–H groups in total. The Bertz CT molecular complexity index is 964. The van der Waals surface area contributed by atoms with Gasteiger partial charge < -0.3 is 19.5 Å². The van der Waals surface area contributed by atoms with Gasteiger partial charge in [0.1, 0.15) is 5.82 Å². The van der Waals surface area contributed by atoms with Gasteiger partial charge in [0.2, 0.25) is 5.88 Å². The van der Waals surface area contributed by atoms with Gasteiger partial charge in [-0.15, -0.1) is 0 Å². The van der Waals surface area contributed by atoms with E-state index >= 15 is 0 Å². The molecule has 0 unspecified atom stereocenters. The highest BCUT2D eigenvalue weighted by molar-refractivity contribution is 7.80. The molecule has 7 heteroatoms. The van der Waals surface area contributed by atoms with Crippen molar-refractivity contribution in [2.75, 3.05) is 25.5 Å². The number of benzene rings is 1. The van der Waals surface area contributed by atoms with E-state index < -0.39 is 0 Å². The van der Waals surface area contributed by atoms with Gasteiger partial charge in [0.05, 0.1) is 25.0 Å². The average molecular weight is 370 g/mol. The van der Waals surface area contributed by atoms with Gasteiger partial charge in [-0.1, -0.05) is 0 Å². The quantitative estimate of drug-likeness (QED) is 0.712. The number of nitrogens with zero attached hydrogens (tertiary/aromatic N) is 3. The summed E-state index contributed by atoms with van der Waals surface area (Å²) in [6.45, 7) is 3.69. The number of thiocarbonyl (C=S) groups is 1. The van der Waals surface area contributed by atoms with Crippen LogP contribution in [0.25, 0.3) is 10.9 Å². The van der Waals surface area contributed by atoms with Gasteiger partial charge in [0.25, 0.3) is 0 Å². The SMILES string of the molecule is COc1ccc(NC(=S)N2CC(n3c(C)cc4cc(F)ccc43)C2)cn1. The van der Waals surface area contributed by atoms with Crippen molar-refractivity contribution in [1.29, 1.82) is 0 Å². The first-order chi connectivity index (χ1) is 12.5. The van der Waals surface area contributed by atoms with E-state index in [1.807, 2.05) is 18.2 Å². The Labute approximate surface area is 156 Å². The van der Waals surface area contributed by atoms with Gasteiger partial charge in [0, 0.05) is 35.8 Å². The number of hydrogen-bond acceptors (Lipinski definition) is 3. The zero-order valence-corrected chi connectivity index (χ0v) is 15.4. The highest BCUT2D eigenvalue weighted by Gasteiger charge is 2.31. The van der Waals surface area contributed by atoms with Gasteiger partial charge in [0.15, 0.2) is 5.11 Å². The molecule has 0 amide bonds. The highest BCUT2D eigenvalue weighted by atomic mass is 32.1. The first kappa shape index (κ1) is 16.8. The van der Waals surface area contributed by atoms with Gasteiger partial charge >= 0.3 is 0 Å². The molecule has 3 heterocycles. The molecule has 1 saturated heterocycles. The second kappa shape index (κ2) is 6.57. The summed E-state index contributed by atoms with van der Waals surface area (Å²) < 4.78 is 20.8. The van der Waals surface area contributed by atoms with Crippen molar-refractivity contribution < 1.29 is 9.13 Å². The average Bonchev–Trinajstić information content (AvgIpc) is 2.89. The largest absolute Gasteiger partial charge is 0.481 e. The second-order valence-electron chi connectivity index (χ2n) is 6.44. The van der Waals surface area contributed by atoms with Gasteiger partial charge in [-0.25, -0.2) is 9.37 Å². The van der Waals surface area contributed by atoms with Crippen LogP contribution < -0.4 is 10.1 Å². The second-order valence-corrected chi connectivity index (χ2v) is 6.82. The molecule has 0 saturated carbocycles. The van der Waals surface area contributed by atoms with Crippen molar-refractivity contribution in [3.8, 4) is 5.88 Å². The molecule has 1 aliphatic rings. The molecule has 1 fully saturated rings. The number of hydrogen-bond donors (Lipinski definition) is 1. The summed E-state index contributed by atoms with van der Waals surface area (Å²) >= 11 is 5.50. The lowest BCUT2D eigenvalue weighted by atomic mass is 10.1. The third-order valence-electron chi connectivity index (χ3n) is 4.70. The first-order valence-electron chi connectivity index (χ1n) is 8.38. The summed E-state index contributed by atoms with van der Waals surface area (Å²) in [6, 6.07) is 11.0. The van der Waals surface area contributed by atoms with Crippen molar-refractivity contribution in [1.82, 2.24) is 14.5 Å². The molecule has 0 spiro atoms. The molecule has 5 nitrogen and oxygen atoms in total. The molecule has 2 aromatic heterocycles. The molecule has 4 rings (SSSR count). The Morgan fingerprint density at radius 1 is 1.27 bits per heavy atom. The fourth-order valence-electron chi connectivity index (χ4n) is 3.39. The number of likely N-dealkylation sites (tertiary alicyclic amines) is 1. The molecule has 3 aromatic rings. The standard InChI is InChI=1S/C19H19FN4OS/c1-12-7-13-8-14(20)3-5-17(13)24(12)16-10-23(11-16)19(26)22-15-4-6-18(25-2)21-9-15/h3-9,16H,10-11H2,1-2H3,(H,22,26). The van der Waals surface area contributed by atoms with E-state index in [0.29, 0.717) is 17.0 Å². The van der Waals surface area contributed by atoms with Gasteiger partial charge in [-0.3, -0.25) is 0 Å². The zero-order chi connectivity index (χ0) is 18.3. The summed E-state index contributed by atoms with van der Waals surface area (Å²) in [5, 5.41) is 4.81. The molecule has 134 valence electrons. The first-order valence-corrected chi connectivity index (χ1v) is 8.79. The van der Waals surface area contributed by atoms with Crippen molar-refractivity contribution in [3.63, 3.8) is 0 Å². The monoisotopic (exact) mass is 370 g/mol. The van der Waals surface area contributed by atoms with Gasteiger partial charge in [-0.05, 0) is 49.5 Å². The number of halogens is 1. The number of anilines is 1. The molecule has 1 aliphatic heterocycles. The summed E-state index contributed by atoms with van der Waals surface area (Å²) in [4.78, 5) is 6.27. The van der Waals surface area contributed by atoms with E-state index in [4.69, 9.17) is 17.0 Å². The van der Waals surface area contributed by atoms with Crippen LogP contribution in [-0.4, -0.2) is 39.8 Å². The van der Waals surface area contributed by atoms with Crippen LogP contribution in [0.3, 0.4) is 0 Å². The lowest BCUT2D eigenvalue weighted by molar-refractivity contribution is 0.198. The fourth-order valence-corrected chi connectivity index (χ4v) is 3.66. The molecule has 0 atom stereocenters. The maximum absolute atomic E-state index is 13.4. The fraction of sp³-hybridized carbons (Fsp3) is 0.263. The van der Waals surface area contributed by atoms with Crippen LogP contribution in [-0.2, 0) is 0 Å². The lowest BCUT2D eigenvalue weighted by Crippen LogP contribution is -2.52. The van der Waals surface area contributed by atoms with Crippen LogP contribution in [0.1, 0.15) is 11.7 Å². The van der Waals surface area contributed by atoms with E-state index in [9.17, 15) is 4.39 Å². The molecular weight excluding hydrogens is 351 g/mol. The van der Waals surface area contributed by atoms with E-state index in [0.717, 1.165) is 35.4 Å². The van der Waals surface area contributed by atoms with E-state index in [-0.39, 0.29) is 5.82 Å². The summed E-state index contributed by atoms with van der Waals surface area (Å²) in [5.41, 5.74) is 3.03. The number of ether oxygens (including phenoxy) is 1. The van der Waals surface area contributed by atoms with Crippen LogP contribution in [0.4, 0.5) is 10.1 Å². The van der Waals surface area contributed by atoms with Crippen LogP contribution in [0, 0.1) is 12.7 Å². The molecule has 0 radical (unpaired) electrons. The molecule has 1 aromatic carbocycles. The van der Waals surface area contributed by atoms with Gasteiger partial charge in [-0.2, -0.15) is 0 Å².